The first-order valence-electron chi connectivity index (χ1n) is 8.34. The van der Waals surface area contributed by atoms with Crippen molar-refractivity contribution >= 4 is 6.09 Å². The average Bonchev–Trinajstić information content (AvgIpc) is 2.46. The van der Waals surface area contributed by atoms with Crippen LogP contribution >= 0.6 is 0 Å². The van der Waals surface area contributed by atoms with Crippen molar-refractivity contribution in [3.05, 3.63) is 29.3 Å². The van der Waals surface area contributed by atoms with E-state index >= 15 is 0 Å². The highest BCUT2D eigenvalue weighted by Crippen LogP contribution is 2.38. The number of phenolic OH excluding ortho intramolecular Hbond substituents is 1. The molecule has 0 saturated carbocycles. The lowest BCUT2D eigenvalue weighted by atomic mass is 9.76. The zero-order valence-corrected chi connectivity index (χ0v) is 14.2. The van der Waals surface area contributed by atoms with E-state index in [1.165, 1.54) is 11.1 Å². The largest absolute Gasteiger partial charge is 0.508 e. The molecule has 0 bridgehead atoms. The molecule has 2 N–H and O–H groups in total. The maximum Gasteiger partial charge on any atom is 0.410 e. The monoisotopic (exact) mass is 318 g/mol. The van der Waals surface area contributed by atoms with Crippen LogP contribution in [0.25, 0.3) is 0 Å². The standard InChI is InChI=1S/C18H26N2O3/c1-17(2,3)23-16(22)20-10-7-18(8-11-20)15-5-4-14(21)12-13(15)6-9-19-18/h4-5,12,19,21H,6-11H2,1-3H3. The fourth-order valence-electron chi connectivity index (χ4n) is 3.63. The summed E-state index contributed by atoms with van der Waals surface area (Å²) >= 11 is 0. The molecule has 0 radical (unpaired) electrons. The molecule has 5 nitrogen and oxygen atoms in total. The van der Waals surface area contributed by atoms with E-state index in [4.69, 9.17) is 4.74 Å². The van der Waals surface area contributed by atoms with E-state index < -0.39 is 5.60 Å². The normalized spacial score (nSPS) is 20.2. The number of carbonyl (C=O) groups excluding carboxylic acids is 1. The first-order chi connectivity index (χ1) is 10.8. The number of ether oxygens (including phenoxy) is 1. The van der Waals surface area contributed by atoms with Crippen LogP contribution in [0.3, 0.4) is 0 Å². The summed E-state index contributed by atoms with van der Waals surface area (Å²) in [4.78, 5) is 14.0. The number of nitrogens with zero attached hydrogens (tertiary/aromatic N) is 1. The first kappa shape index (κ1) is 16.1. The Hall–Kier alpha value is -1.75. The number of benzene rings is 1. The van der Waals surface area contributed by atoms with Crippen molar-refractivity contribution in [2.75, 3.05) is 19.6 Å². The molecule has 1 aromatic rings. The van der Waals surface area contributed by atoms with Crippen LogP contribution in [0.2, 0.25) is 0 Å². The van der Waals surface area contributed by atoms with Gasteiger partial charge in [-0.25, -0.2) is 4.79 Å². The van der Waals surface area contributed by atoms with E-state index in [0.717, 1.165) is 25.8 Å². The Morgan fingerprint density at radius 2 is 2.00 bits per heavy atom. The highest BCUT2D eigenvalue weighted by Gasteiger charge is 2.40. The molecule has 1 spiro atoms. The van der Waals surface area contributed by atoms with Crippen LogP contribution < -0.4 is 5.32 Å². The van der Waals surface area contributed by atoms with Crippen molar-refractivity contribution in [1.29, 1.82) is 0 Å². The van der Waals surface area contributed by atoms with E-state index in [0.29, 0.717) is 18.8 Å². The molecule has 1 saturated heterocycles. The van der Waals surface area contributed by atoms with Crippen LogP contribution in [0.5, 0.6) is 5.75 Å². The highest BCUT2D eigenvalue weighted by atomic mass is 16.6. The molecule has 2 aliphatic rings. The number of fused-ring (bicyclic) bond motifs is 2. The van der Waals surface area contributed by atoms with Crippen molar-refractivity contribution in [2.45, 2.75) is 51.2 Å². The van der Waals surface area contributed by atoms with Crippen LogP contribution in [0.4, 0.5) is 4.79 Å². The Morgan fingerprint density at radius 1 is 1.30 bits per heavy atom. The molecular formula is C18H26N2O3. The lowest BCUT2D eigenvalue weighted by Crippen LogP contribution is -2.55. The summed E-state index contributed by atoms with van der Waals surface area (Å²) in [7, 11) is 0. The van der Waals surface area contributed by atoms with Crippen molar-refractivity contribution in [3.63, 3.8) is 0 Å². The van der Waals surface area contributed by atoms with Crippen LogP contribution in [-0.4, -0.2) is 41.3 Å². The molecule has 5 heteroatoms. The lowest BCUT2D eigenvalue weighted by Gasteiger charge is -2.46. The second-order valence-electron chi connectivity index (χ2n) is 7.57. The van der Waals surface area contributed by atoms with Gasteiger partial charge in [0, 0.05) is 25.2 Å². The Morgan fingerprint density at radius 3 is 2.65 bits per heavy atom. The molecule has 2 aliphatic heterocycles. The maximum absolute atomic E-state index is 12.2. The quantitative estimate of drug-likeness (QED) is 0.772. The minimum atomic E-state index is -0.459. The Kier molecular flexibility index (Phi) is 4.00. The summed E-state index contributed by atoms with van der Waals surface area (Å²) in [6, 6.07) is 5.66. The molecule has 1 aromatic carbocycles. The van der Waals surface area contributed by atoms with Gasteiger partial charge in [0.1, 0.15) is 11.4 Å². The minimum absolute atomic E-state index is 0.0835. The van der Waals surface area contributed by atoms with E-state index in [1.54, 1.807) is 11.0 Å². The fourth-order valence-corrected chi connectivity index (χ4v) is 3.63. The van der Waals surface area contributed by atoms with Gasteiger partial charge in [-0.1, -0.05) is 6.07 Å². The molecule has 126 valence electrons. The third-order valence-electron chi connectivity index (χ3n) is 4.73. The maximum atomic E-state index is 12.2. The van der Waals surface area contributed by atoms with Gasteiger partial charge in [-0.05, 0) is 63.3 Å². The van der Waals surface area contributed by atoms with Gasteiger partial charge in [-0.3, -0.25) is 0 Å². The van der Waals surface area contributed by atoms with E-state index in [9.17, 15) is 9.90 Å². The number of amides is 1. The van der Waals surface area contributed by atoms with Gasteiger partial charge in [0.2, 0.25) is 0 Å². The van der Waals surface area contributed by atoms with E-state index in [1.807, 2.05) is 32.9 Å². The lowest BCUT2D eigenvalue weighted by molar-refractivity contribution is 0.0139. The first-order valence-corrected chi connectivity index (χ1v) is 8.34. The third kappa shape index (κ3) is 3.29. The number of hydrogen-bond acceptors (Lipinski definition) is 4. The second kappa shape index (κ2) is 5.71. The molecular weight excluding hydrogens is 292 g/mol. The number of aromatic hydroxyl groups is 1. The van der Waals surface area contributed by atoms with Crippen molar-refractivity contribution in [3.8, 4) is 5.75 Å². The van der Waals surface area contributed by atoms with Crippen LogP contribution in [-0.2, 0) is 16.7 Å². The van der Waals surface area contributed by atoms with Gasteiger partial charge in [0.15, 0.2) is 0 Å². The molecule has 0 aliphatic carbocycles. The fraction of sp³-hybridized carbons (Fsp3) is 0.611. The van der Waals surface area contributed by atoms with Gasteiger partial charge >= 0.3 is 6.09 Å². The minimum Gasteiger partial charge on any atom is -0.508 e. The van der Waals surface area contributed by atoms with Crippen molar-refractivity contribution in [1.82, 2.24) is 10.2 Å². The summed E-state index contributed by atoms with van der Waals surface area (Å²) in [5.41, 5.74) is 1.94. The summed E-state index contributed by atoms with van der Waals surface area (Å²) in [5, 5.41) is 13.4. The van der Waals surface area contributed by atoms with Crippen LogP contribution in [0.1, 0.15) is 44.7 Å². The molecule has 0 aromatic heterocycles. The van der Waals surface area contributed by atoms with Gasteiger partial charge in [-0.15, -0.1) is 0 Å². The summed E-state index contributed by atoms with van der Waals surface area (Å²) < 4.78 is 5.47. The second-order valence-corrected chi connectivity index (χ2v) is 7.57. The molecule has 1 fully saturated rings. The number of rotatable bonds is 0. The number of piperidine rings is 1. The zero-order valence-electron chi connectivity index (χ0n) is 14.2. The third-order valence-corrected chi connectivity index (χ3v) is 4.73. The molecule has 3 rings (SSSR count). The molecule has 2 heterocycles. The average molecular weight is 318 g/mol. The van der Waals surface area contributed by atoms with Gasteiger partial charge < -0.3 is 20.1 Å². The summed E-state index contributed by atoms with van der Waals surface area (Å²) in [5.74, 6) is 0.326. The van der Waals surface area contributed by atoms with Gasteiger partial charge in [0.05, 0.1) is 0 Å². The van der Waals surface area contributed by atoms with Gasteiger partial charge in [0.25, 0.3) is 0 Å². The van der Waals surface area contributed by atoms with E-state index in [-0.39, 0.29) is 11.6 Å². The van der Waals surface area contributed by atoms with Crippen LogP contribution in [0.15, 0.2) is 18.2 Å². The highest BCUT2D eigenvalue weighted by molar-refractivity contribution is 5.68. The Bertz CT molecular complexity index is 599. The molecule has 1 amide bonds. The number of hydrogen-bond donors (Lipinski definition) is 2. The molecule has 0 unspecified atom stereocenters. The molecule has 23 heavy (non-hydrogen) atoms. The summed E-state index contributed by atoms with van der Waals surface area (Å²) in [6.45, 7) is 7.94. The number of nitrogens with one attached hydrogen (secondary N) is 1. The number of phenols is 1. The smallest absolute Gasteiger partial charge is 0.410 e. The topological polar surface area (TPSA) is 61.8 Å². The SMILES string of the molecule is CC(C)(C)OC(=O)N1CCC2(CC1)NCCc1cc(O)ccc12. The van der Waals surface area contributed by atoms with Crippen LogP contribution in [0, 0.1) is 0 Å². The van der Waals surface area contributed by atoms with Crippen molar-refractivity contribution < 1.29 is 14.6 Å². The predicted octanol–water partition coefficient (Wildman–Crippen LogP) is 2.76. The number of carbonyl (C=O) groups is 1. The molecule has 0 atom stereocenters. The Labute approximate surface area is 137 Å². The predicted molar refractivity (Wildman–Crippen MR) is 88.5 cm³/mol. The number of likely N-dealkylation sites (tertiary alicyclic amines) is 1. The van der Waals surface area contributed by atoms with E-state index in [2.05, 4.69) is 5.32 Å². The Balaban J connectivity index is 1.73. The summed E-state index contributed by atoms with van der Waals surface area (Å²) in [6.07, 6.45) is 2.43. The van der Waals surface area contributed by atoms with Gasteiger partial charge in [-0.2, -0.15) is 0 Å². The van der Waals surface area contributed by atoms with Crippen molar-refractivity contribution in [2.24, 2.45) is 0 Å². The zero-order chi connectivity index (χ0) is 16.7.